The lowest BCUT2D eigenvalue weighted by atomic mass is 9.85. The Kier molecular flexibility index (Phi) is 5.73. The lowest BCUT2D eigenvalue weighted by molar-refractivity contribution is -0.165. The number of hydrogen-bond donors (Lipinski definition) is 2. The van der Waals surface area contributed by atoms with Crippen molar-refractivity contribution in [3.8, 4) is 6.07 Å². The molecule has 2 saturated heterocycles. The molecule has 1 saturated carbocycles. The number of β-lactam (4-membered cyclic amide) rings is 1. The molecular weight excluding hydrogens is 434 g/mol. The zero-order chi connectivity index (χ0) is 22.4. The zero-order valence-electron chi connectivity index (χ0n) is 17.4. The second-order valence-electron chi connectivity index (χ2n) is 8.83. The minimum atomic E-state index is -1.72. The summed E-state index contributed by atoms with van der Waals surface area (Å²) >= 11 is 2.72. The van der Waals surface area contributed by atoms with Crippen LogP contribution in [0, 0.1) is 17.2 Å². The van der Waals surface area contributed by atoms with Gasteiger partial charge >= 0.3 is 5.97 Å². The van der Waals surface area contributed by atoms with Gasteiger partial charge < -0.3 is 15.3 Å². The number of nitrogens with zero attached hydrogens (tertiary/aromatic N) is 2. The number of carboxylic acid groups (broad SMARTS) is 1. The Bertz CT molecular complexity index is 942. The van der Waals surface area contributed by atoms with Gasteiger partial charge in [0.25, 0.3) is 5.91 Å². The van der Waals surface area contributed by atoms with Gasteiger partial charge in [0.15, 0.2) is 0 Å². The van der Waals surface area contributed by atoms with Gasteiger partial charge in [0.1, 0.15) is 17.5 Å². The lowest BCUT2D eigenvalue weighted by Gasteiger charge is -2.49. The van der Waals surface area contributed by atoms with Gasteiger partial charge in [-0.05, 0) is 44.7 Å². The largest absolute Gasteiger partial charge is 0.480 e. The summed E-state index contributed by atoms with van der Waals surface area (Å²) in [5.74, 6) is -1.89. The van der Waals surface area contributed by atoms with Gasteiger partial charge in [0.05, 0.1) is 5.25 Å². The number of benzene rings is 1. The van der Waals surface area contributed by atoms with Gasteiger partial charge in [-0.3, -0.25) is 9.59 Å². The number of nitrogens with one attached hydrogen (secondary N) is 1. The van der Waals surface area contributed by atoms with Crippen molar-refractivity contribution in [1.29, 1.82) is 5.26 Å². The first kappa shape index (κ1) is 22.0. The van der Waals surface area contributed by atoms with E-state index in [1.165, 1.54) is 28.4 Å². The normalized spacial score (nSPS) is 30.2. The van der Waals surface area contributed by atoms with E-state index in [9.17, 15) is 24.8 Å². The van der Waals surface area contributed by atoms with Crippen LogP contribution in [0.15, 0.2) is 35.2 Å². The molecular formula is C22H25N3O4S2. The highest BCUT2D eigenvalue weighted by atomic mass is 32.2. The topological polar surface area (TPSA) is 111 Å². The summed E-state index contributed by atoms with van der Waals surface area (Å²) in [5, 5.41) is 21.2. The number of amides is 2. The van der Waals surface area contributed by atoms with Gasteiger partial charge in [-0.1, -0.05) is 31.0 Å². The third-order valence-corrected chi connectivity index (χ3v) is 9.40. The van der Waals surface area contributed by atoms with E-state index in [-0.39, 0.29) is 11.8 Å². The number of fused-ring (bicyclic) bond motifs is 1. The van der Waals surface area contributed by atoms with Gasteiger partial charge in [-0.25, -0.2) is 4.79 Å². The number of rotatable bonds is 6. The maximum absolute atomic E-state index is 13.4. The molecule has 2 heterocycles. The molecule has 164 valence electrons. The fourth-order valence-electron chi connectivity index (χ4n) is 4.84. The first-order chi connectivity index (χ1) is 14.7. The molecule has 4 rings (SSSR count). The molecule has 0 radical (unpaired) electrons. The molecule has 2 aliphatic heterocycles. The van der Waals surface area contributed by atoms with Crippen molar-refractivity contribution in [1.82, 2.24) is 10.2 Å². The zero-order valence-corrected chi connectivity index (χ0v) is 19.0. The van der Waals surface area contributed by atoms with Crippen LogP contribution in [-0.4, -0.2) is 54.7 Å². The number of carbonyl (C=O) groups is 3. The summed E-state index contributed by atoms with van der Waals surface area (Å²) in [6.07, 6.45) is 3.99. The number of aliphatic carboxylic acids is 1. The minimum Gasteiger partial charge on any atom is -0.480 e. The number of nitriles is 1. The van der Waals surface area contributed by atoms with Crippen molar-refractivity contribution >= 4 is 41.3 Å². The first-order valence-corrected chi connectivity index (χ1v) is 12.2. The highest BCUT2D eigenvalue weighted by Gasteiger charge is 2.73. The lowest BCUT2D eigenvalue weighted by Crippen LogP contribution is -2.79. The van der Waals surface area contributed by atoms with Crippen LogP contribution in [0.4, 0.5) is 0 Å². The SMILES string of the molecule is CC1(C)S[C@H]2N(C(=O)C2(C#N)NC(=O)C(Sc2ccccc2)C2CCCC2)[C@H]1C(=O)O. The van der Waals surface area contributed by atoms with E-state index >= 15 is 0 Å². The van der Waals surface area contributed by atoms with Crippen LogP contribution in [0.25, 0.3) is 0 Å². The van der Waals surface area contributed by atoms with E-state index in [4.69, 9.17) is 0 Å². The van der Waals surface area contributed by atoms with Crippen LogP contribution in [0.3, 0.4) is 0 Å². The molecule has 4 atom stereocenters. The van der Waals surface area contributed by atoms with Crippen molar-refractivity contribution in [3.05, 3.63) is 30.3 Å². The van der Waals surface area contributed by atoms with Crippen LogP contribution in [-0.2, 0) is 14.4 Å². The van der Waals surface area contributed by atoms with Crippen LogP contribution in [0.5, 0.6) is 0 Å². The summed E-state index contributed by atoms with van der Waals surface area (Å²) in [7, 11) is 0. The van der Waals surface area contributed by atoms with Gasteiger partial charge in [-0.2, -0.15) is 5.26 Å². The van der Waals surface area contributed by atoms with Crippen molar-refractivity contribution < 1.29 is 19.5 Å². The summed E-state index contributed by atoms with van der Waals surface area (Å²) < 4.78 is -0.765. The minimum absolute atomic E-state index is 0.173. The molecule has 3 fully saturated rings. The van der Waals surface area contributed by atoms with Crippen molar-refractivity contribution in [2.45, 2.75) is 71.4 Å². The Morgan fingerprint density at radius 3 is 2.52 bits per heavy atom. The average Bonchev–Trinajstić information content (AvgIpc) is 3.35. The summed E-state index contributed by atoms with van der Waals surface area (Å²) in [4.78, 5) is 40.5. The van der Waals surface area contributed by atoms with Crippen LogP contribution in [0.1, 0.15) is 39.5 Å². The first-order valence-electron chi connectivity index (χ1n) is 10.4. The van der Waals surface area contributed by atoms with Crippen LogP contribution in [0.2, 0.25) is 0 Å². The number of carboxylic acids is 1. The predicted molar refractivity (Wildman–Crippen MR) is 118 cm³/mol. The van der Waals surface area contributed by atoms with Crippen LogP contribution < -0.4 is 5.32 Å². The second kappa shape index (κ2) is 8.06. The Balaban J connectivity index is 1.58. The summed E-state index contributed by atoms with van der Waals surface area (Å²) in [6.45, 7) is 3.50. The summed E-state index contributed by atoms with van der Waals surface area (Å²) in [6, 6.07) is 10.6. The second-order valence-corrected chi connectivity index (χ2v) is 11.8. The third kappa shape index (κ3) is 3.60. The van der Waals surface area contributed by atoms with E-state index in [2.05, 4.69) is 5.32 Å². The number of hydrogen-bond acceptors (Lipinski definition) is 6. The molecule has 31 heavy (non-hydrogen) atoms. The van der Waals surface area contributed by atoms with Gasteiger partial charge in [0.2, 0.25) is 11.4 Å². The maximum Gasteiger partial charge on any atom is 0.327 e. The van der Waals surface area contributed by atoms with E-state index in [0.29, 0.717) is 0 Å². The van der Waals surface area contributed by atoms with E-state index in [1.54, 1.807) is 13.8 Å². The predicted octanol–water partition coefficient (Wildman–Crippen LogP) is 2.86. The van der Waals surface area contributed by atoms with Crippen LogP contribution >= 0.6 is 23.5 Å². The van der Waals surface area contributed by atoms with E-state index in [1.807, 2.05) is 36.4 Å². The Hall–Kier alpha value is -2.18. The number of carbonyl (C=O) groups excluding carboxylic acids is 2. The van der Waals surface area contributed by atoms with E-state index < -0.39 is 38.8 Å². The Morgan fingerprint density at radius 2 is 1.94 bits per heavy atom. The Labute approximate surface area is 189 Å². The van der Waals surface area contributed by atoms with E-state index in [0.717, 1.165) is 30.6 Å². The van der Waals surface area contributed by atoms with Crippen molar-refractivity contribution in [2.75, 3.05) is 0 Å². The molecule has 1 aromatic rings. The fourth-order valence-corrected chi connectivity index (χ4v) is 7.72. The molecule has 7 nitrogen and oxygen atoms in total. The number of thioether (sulfide) groups is 2. The van der Waals surface area contributed by atoms with Crippen molar-refractivity contribution in [2.24, 2.45) is 5.92 Å². The van der Waals surface area contributed by atoms with Gasteiger partial charge in [0, 0.05) is 9.64 Å². The molecule has 3 aliphatic rings. The molecule has 2 N–H and O–H groups in total. The van der Waals surface area contributed by atoms with Crippen molar-refractivity contribution in [3.63, 3.8) is 0 Å². The fraction of sp³-hybridized carbons (Fsp3) is 0.545. The summed E-state index contributed by atoms with van der Waals surface area (Å²) in [5.41, 5.74) is -1.72. The standard InChI is InChI=1S/C22H25N3O4S2/c1-21(2)16(18(27)28)25-19(29)22(12-23,20(25)31-21)24-17(26)15(13-8-6-7-9-13)30-14-10-4-3-5-11-14/h3-5,10-11,13,15-16,20H,6-9H2,1-2H3,(H,24,26)(H,27,28)/t15?,16-,20+,22?/m0/s1. The third-order valence-electron chi connectivity index (χ3n) is 6.37. The molecule has 0 spiro atoms. The molecule has 0 aromatic heterocycles. The molecule has 2 amide bonds. The highest BCUT2D eigenvalue weighted by molar-refractivity contribution is 8.01. The monoisotopic (exact) mass is 459 g/mol. The molecule has 9 heteroatoms. The maximum atomic E-state index is 13.4. The quantitative estimate of drug-likeness (QED) is 0.497. The average molecular weight is 460 g/mol. The molecule has 2 unspecified atom stereocenters. The Morgan fingerprint density at radius 1 is 1.29 bits per heavy atom. The molecule has 1 aromatic carbocycles. The smallest absolute Gasteiger partial charge is 0.327 e. The van der Waals surface area contributed by atoms with Gasteiger partial charge in [-0.15, -0.1) is 23.5 Å². The molecule has 0 bridgehead atoms. The molecule has 1 aliphatic carbocycles. The highest BCUT2D eigenvalue weighted by Crippen LogP contribution is 2.55.